The van der Waals surface area contributed by atoms with Crippen molar-refractivity contribution in [2.45, 2.75) is 32.4 Å². The summed E-state index contributed by atoms with van der Waals surface area (Å²) in [6.45, 7) is 4.35. The number of nitrogens with one attached hydrogen (secondary N) is 2. The van der Waals surface area contributed by atoms with Crippen molar-refractivity contribution in [2.24, 2.45) is 0 Å². The van der Waals surface area contributed by atoms with Crippen molar-refractivity contribution in [1.29, 1.82) is 0 Å². The SMILES string of the molecule is CCCC(C)(NC)NC. The van der Waals surface area contributed by atoms with Gasteiger partial charge in [0.1, 0.15) is 0 Å². The Balaban J connectivity index is 3.62. The lowest BCUT2D eigenvalue weighted by Crippen LogP contribution is -2.50. The second-order valence-electron chi connectivity index (χ2n) is 2.58. The lowest BCUT2D eigenvalue weighted by atomic mass is 10.1. The van der Waals surface area contributed by atoms with Gasteiger partial charge in [-0.1, -0.05) is 13.3 Å². The Morgan fingerprint density at radius 2 is 1.67 bits per heavy atom. The van der Waals surface area contributed by atoms with Crippen LogP contribution in [0.25, 0.3) is 0 Å². The van der Waals surface area contributed by atoms with E-state index < -0.39 is 0 Å². The van der Waals surface area contributed by atoms with Gasteiger partial charge >= 0.3 is 0 Å². The summed E-state index contributed by atoms with van der Waals surface area (Å²) in [7, 11) is 3.96. The van der Waals surface area contributed by atoms with Gasteiger partial charge in [0.25, 0.3) is 0 Å². The first-order chi connectivity index (χ1) is 4.18. The number of rotatable bonds is 4. The van der Waals surface area contributed by atoms with Crippen molar-refractivity contribution in [3.63, 3.8) is 0 Å². The molecule has 0 atom stereocenters. The van der Waals surface area contributed by atoms with Crippen molar-refractivity contribution in [2.75, 3.05) is 14.1 Å². The molecule has 0 saturated carbocycles. The van der Waals surface area contributed by atoms with Crippen LogP contribution >= 0.6 is 0 Å². The van der Waals surface area contributed by atoms with Crippen molar-refractivity contribution in [3.8, 4) is 0 Å². The third kappa shape index (κ3) is 2.82. The molecule has 0 fully saturated rings. The zero-order valence-electron chi connectivity index (χ0n) is 6.91. The average molecular weight is 130 g/mol. The Bertz CT molecular complexity index is 67.3. The molecule has 0 radical (unpaired) electrons. The molecule has 0 aliphatic rings. The largest absolute Gasteiger partial charge is 0.303 e. The van der Waals surface area contributed by atoms with E-state index in [0.29, 0.717) is 0 Å². The van der Waals surface area contributed by atoms with Crippen molar-refractivity contribution >= 4 is 0 Å². The molecule has 2 heteroatoms. The standard InChI is InChI=1S/C7H18N2/c1-5-6-7(2,8-3)9-4/h8-9H,5-6H2,1-4H3. The maximum Gasteiger partial charge on any atom is 0.0653 e. The molecule has 9 heavy (non-hydrogen) atoms. The quantitative estimate of drug-likeness (QED) is 0.553. The minimum atomic E-state index is 0.134. The fourth-order valence-corrected chi connectivity index (χ4v) is 0.875. The molecule has 0 aliphatic heterocycles. The van der Waals surface area contributed by atoms with E-state index in [1.54, 1.807) is 0 Å². The topological polar surface area (TPSA) is 24.1 Å². The molecular weight excluding hydrogens is 112 g/mol. The number of hydrogen-bond donors (Lipinski definition) is 2. The van der Waals surface area contributed by atoms with Crippen molar-refractivity contribution in [1.82, 2.24) is 10.6 Å². The normalized spacial score (nSPS) is 12.0. The summed E-state index contributed by atoms with van der Waals surface area (Å²) in [5.41, 5.74) is 0.134. The summed E-state index contributed by atoms with van der Waals surface area (Å²) in [6, 6.07) is 0. The summed E-state index contributed by atoms with van der Waals surface area (Å²) in [4.78, 5) is 0. The van der Waals surface area contributed by atoms with Gasteiger partial charge in [0, 0.05) is 0 Å². The summed E-state index contributed by atoms with van der Waals surface area (Å²) >= 11 is 0. The maximum absolute atomic E-state index is 3.22. The smallest absolute Gasteiger partial charge is 0.0653 e. The van der Waals surface area contributed by atoms with E-state index in [4.69, 9.17) is 0 Å². The highest BCUT2D eigenvalue weighted by atomic mass is 15.1. The van der Waals surface area contributed by atoms with Gasteiger partial charge in [-0.15, -0.1) is 0 Å². The van der Waals surface area contributed by atoms with E-state index >= 15 is 0 Å². The van der Waals surface area contributed by atoms with Gasteiger partial charge in [-0.05, 0) is 27.4 Å². The van der Waals surface area contributed by atoms with Crippen LogP contribution < -0.4 is 10.6 Å². The monoisotopic (exact) mass is 130 g/mol. The first-order valence-electron chi connectivity index (χ1n) is 3.56. The average Bonchev–Trinajstić information content (AvgIpc) is 1.89. The highest BCUT2D eigenvalue weighted by Gasteiger charge is 2.15. The minimum absolute atomic E-state index is 0.134. The fraction of sp³-hybridized carbons (Fsp3) is 1.00. The third-order valence-electron chi connectivity index (χ3n) is 1.85. The molecule has 0 bridgehead atoms. The second kappa shape index (κ2) is 3.85. The summed E-state index contributed by atoms with van der Waals surface area (Å²) < 4.78 is 0. The molecule has 0 aromatic rings. The Kier molecular flexibility index (Phi) is 3.82. The van der Waals surface area contributed by atoms with Gasteiger partial charge in [-0.2, -0.15) is 0 Å². The molecule has 0 spiro atoms. The molecule has 0 aromatic heterocycles. The Hall–Kier alpha value is -0.0800. The van der Waals surface area contributed by atoms with E-state index in [9.17, 15) is 0 Å². The molecule has 0 amide bonds. The van der Waals surface area contributed by atoms with Crippen LogP contribution in [0.3, 0.4) is 0 Å². The lowest BCUT2D eigenvalue weighted by Gasteiger charge is -2.28. The molecule has 0 saturated heterocycles. The zero-order valence-corrected chi connectivity index (χ0v) is 6.91. The molecule has 2 N–H and O–H groups in total. The van der Waals surface area contributed by atoms with Gasteiger partial charge < -0.3 is 10.6 Å². The fourth-order valence-electron chi connectivity index (χ4n) is 0.875. The predicted octanol–water partition coefficient (Wildman–Crippen LogP) is 0.942. The van der Waals surface area contributed by atoms with Crippen LogP contribution in [0.2, 0.25) is 0 Å². The van der Waals surface area contributed by atoms with Gasteiger partial charge in [0.05, 0.1) is 5.66 Å². The summed E-state index contributed by atoms with van der Waals surface area (Å²) in [5.74, 6) is 0. The van der Waals surface area contributed by atoms with Crippen LogP contribution in [-0.2, 0) is 0 Å². The molecule has 2 nitrogen and oxygen atoms in total. The predicted molar refractivity (Wildman–Crippen MR) is 41.4 cm³/mol. The van der Waals surface area contributed by atoms with E-state index in [1.807, 2.05) is 14.1 Å². The lowest BCUT2D eigenvalue weighted by molar-refractivity contribution is 0.301. The van der Waals surface area contributed by atoms with Gasteiger partial charge in [-0.3, -0.25) is 0 Å². The van der Waals surface area contributed by atoms with Gasteiger partial charge in [-0.25, -0.2) is 0 Å². The van der Waals surface area contributed by atoms with Gasteiger partial charge in [0.2, 0.25) is 0 Å². The van der Waals surface area contributed by atoms with Crippen LogP contribution in [-0.4, -0.2) is 19.8 Å². The summed E-state index contributed by atoms with van der Waals surface area (Å²) in [5, 5.41) is 6.44. The Morgan fingerprint density at radius 1 is 1.22 bits per heavy atom. The van der Waals surface area contributed by atoms with Crippen LogP contribution in [0.15, 0.2) is 0 Å². The van der Waals surface area contributed by atoms with Crippen molar-refractivity contribution < 1.29 is 0 Å². The van der Waals surface area contributed by atoms with E-state index in [2.05, 4.69) is 24.5 Å². The first kappa shape index (κ1) is 8.92. The zero-order chi connectivity index (χ0) is 7.33. The van der Waals surface area contributed by atoms with E-state index in [0.717, 1.165) is 0 Å². The molecule has 0 heterocycles. The molecule has 0 unspecified atom stereocenters. The van der Waals surface area contributed by atoms with Crippen molar-refractivity contribution in [3.05, 3.63) is 0 Å². The Labute approximate surface area is 58.0 Å². The Morgan fingerprint density at radius 3 is 1.78 bits per heavy atom. The highest BCUT2D eigenvalue weighted by molar-refractivity contribution is 4.75. The van der Waals surface area contributed by atoms with Crippen LogP contribution in [0, 0.1) is 0 Å². The molecular formula is C7H18N2. The first-order valence-corrected chi connectivity index (χ1v) is 3.56. The minimum Gasteiger partial charge on any atom is -0.303 e. The molecule has 0 aromatic carbocycles. The van der Waals surface area contributed by atoms with Crippen LogP contribution in [0.1, 0.15) is 26.7 Å². The van der Waals surface area contributed by atoms with E-state index in [1.165, 1.54) is 12.8 Å². The summed E-state index contributed by atoms with van der Waals surface area (Å²) in [6.07, 6.45) is 2.37. The van der Waals surface area contributed by atoms with E-state index in [-0.39, 0.29) is 5.66 Å². The highest BCUT2D eigenvalue weighted by Crippen LogP contribution is 2.05. The van der Waals surface area contributed by atoms with Crippen LogP contribution in [0.4, 0.5) is 0 Å². The van der Waals surface area contributed by atoms with Crippen LogP contribution in [0.5, 0.6) is 0 Å². The van der Waals surface area contributed by atoms with Gasteiger partial charge in [0.15, 0.2) is 0 Å². The molecule has 56 valence electrons. The maximum atomic E-state index is 3.22. The third-order valence-corrected chi connectivity index (χ3v) is 1.85. The molecule has 0 rings (SSSR count). The second-order valence-corrected chi connectivity index (χ2v) is 2.58. The number of hydrogen-bond acceptors (Lipinski definition) is 2. The molecule has 0 aliphatic carbocycles.